The van der Waals surface area contributed by atoms with Gasteiger partial charge in [-0.05, 0) is 53.7 Å². The fourth-order valence-electron chi connectivity index (χ4n) is 2.07. The van der Waals surface area contributed by atoms with E-state index in [2.05, 4.69) is 5.32 Å². The number of hydrogen-bond donors (Lipinski definition) is 1. The number of carbonyl (C=O) groups excluding carboxylic acids is 2. The Kier molecular flexibility index (Phi) is 7.99. The molecule has 0 heterocycles. The summed E-state index contributed by atoms with van der Waals surface area (Å²) in [7, 11) is 0. The van der Waals surface area contributed by atoms with E-state index >= 15 is 0 Å². The van der Waals surface area contributed by atoms with Crippen molar-refractivity contribution in [3.63, 3.8) is 0 Å². The lowest BCUT2D eigenvalue weighted by Crippen LogP contribution is -2.43. The van der Waals surface area contributed by atoms with Crippen molar-refractivity contribution < 1.29 is 32.6 Å². The number of alkyl halides is 2. The maximum absolute atomic E-state index is 13.5. The Morgan fingerprint density at radius 3 is 2.26 bits per heavy atom. The van der Waals surface area contributed by atoms with Crippen LogP contribution in [0.3, 0.4) is 0 Å². The second-order valence-electron chi connectivity index (χ2n) is 7.30. The van der Waals surface area contributed by atoms with Crippen LogP contribution in [0.5, 0.6) is 5.75 Å². The first-order valence-corrected chi connectivity index (χ1v) is 8.64. The number of alkyl carbamates (subject to hydrolysis) is 1. The summed E-state index contributed by atoms with van der Waals surface area (Å²) < 4.78 is 42.4. The lowest BCUT2D eigenvalue weighted by atomic mass is 10.1. The molecule has 152 valence electrons. The normalized spacial score (nSPS) is 13.9. The number of rotatable bonds is 7. The van der Waals surface area contributed by atoms with E-state index in [1.165, 1.54) is 19.1 Å². The largest absolute Gasteiger partial charge is 0.491 e. The molecule has 0 aliphatic rings. The first-order valence-electron chi connectivity index (χ1n) is 8.64. The quantitative estimate of drug-likeness (QED) is 0.709. The fourth-order valence-corrected chi connectivity index (χ4v) is 2.07. The van der Waals surface area contributed by atoms with Gasteiger partial charge in [-0.25, -0.2) is 18.4 Å². The molecule has 0 unspecified atom stereocenters. The van der Waals surface area contributed by atoms with Crippen molar-refractivity contribution in [1.29, 1.82) is 0 Å². The number of amides is 1. The number of nitrogens with one attached hydrogen (secondary N) is 1. The molecule has 1 N–H and O–H groups in total. The monoisotopic (exact) mass is 387 g/mol. The number of benzene rings is 1. The fraction of sp³-hybridized carbons (Fsp3) is 0.579. The predicted octanol–water partition coefficient (Wildman–Crippen LogP) is 4.24. The average molecular weight is 387 g/mol. The molecule has 0 saturated carbocycles. The zero-order valence-corrected chi connectivity index (χ0v) is 16.4. The summed E-state index contributed by atoms with van der Waals surface area (Å²) in [6.45, 7) is 9.92. The van der Waals surface area contributed by atoms with Crippen LogP contribution in [0.1, 0.15) is 53.2 Å². The van der Waals surface area contributed by atoms with E-state index in [0.29, 0.717) is 5.75 Å². The number of ether oxygens (including phenoxy) is 3. The van der Waals surface area contributed by atoms with Crippen LogP contribution in [0, 0.1) is 0 Å². The summed E-state index contributed by atoms with van der Waals surface area (Å²) in [6, 6.07) is 4.83. The average Bonchev–Trinajstić information content (AvgIpc) is 2.49. The van der Waals surface area contributed by atoms with Crippen molar-refractivity contribution >= 4 is 12.1 Å². The minimum atomic E-state index is -2.95. The standard InChI is InChI=1S/C19H27F2NO5/c1-11(2)25-14-9-7-8-13(10-14)15(16(20)21)26-17(23)12(3)22-18(24)27-19(4,5)6/h7-12,15-16H,1-6H3,(H,22,24)/t12-,15-/m0/s1. The van der Waals surface area contributed by atoms with E-state index in [4.69, 9.17) is 14.2 Å². The highest BCUT2D eigenvalue weighted by Crippen LogP contribution is 2.28. The van der Waals surface area contributed by atoms with Gasteiger partial charge in [0.2, 0.25) is 0 Å². The smallest absolute Gasteiger partial charge is 0.408 e. The van der Waals surface area contributed by atoms with E-state index in [0.717, 1.165) is 0 Å². The number of esters is 1. The zero-order valence-electron chi connectivity index (χ0n) is 16.4. The number of carbonyl (C=O) groups is 2. The minimum Gasteiger partial charge on any atom is -0.491 e. The molecule has 0 saturated heterocycles. The Hall–Kier alpha value is -2.38. The molecular weight excluding hydrogens is 360 g/mol. The first kappa shape index (κ1) is 22.7. The summed E-state index contributed by atoms with van der Waals surface area (Å²) in [4.78, 5) is 23.8. The van der Waals surface area contributed by atoms with Gasteiger partial charge in [0.05, 0.1) is 6.10 Å². The van der Waals surface area contributed by atoms with Gasteiger partial charge < -0.3 is 19.5 Å². The van der Waals surface area contributed by atoms with Crippen LogP contribution in [0.4, 0.5) is 13.6 Å². The van der Waals surface area contributed by atoms with Crippen molar-refractivity contribution in [2.24, 2.45) is 0 Å². The minimum absolute atomic E-state index is 0.0981. The second-order valence-corrected chi connectivity index (χ2v) is 7.30. The van der Waals surface area contributed by atoms with Crippen molar-refractivity contribution in [2.45, 2.75) is 71.8 Å². The van der Waals surface area contributed by atoms with Gasteiger partial charge in [0.1, 0.15) is 17.4 Å². The van der Waals surface area contributed by atoms with Gasteiger partial charge in [-0.15, -0.1) is 0 Å². The molecule has 1 amide bonds. The Balaban J connectivity index is 2.82. The Morgan fingerprint density at radius 2 is 1.74 bits per heavy atom. The van der Waals surface area contributed by atoms with Gasteiger partial charge in [-0.2, -0.15) is 0 Å². The molecule has 0 fully saturated rings. The third-order valence-corrected chi connectivity index (χ3v) is 3.12. The maximum Gasteiger partial charge on any atom is 0.408 e. The molecule has 8 heteroatoms. The third kappa shape index (κ3) is 8.23. The summed E-state index contributed by atoms with van der Waals surface area (Å²) in [6.07, 6.45) is -5.70. The molecule has 27 heavy (non-hydrogen) atoms. The topological polar surface area (TPSA) is 73.9 Å². The highest BCUT2D eigenvalue weighted by molar-refractivity contribution is 5.81. The molecule has 0 radical (unpaired) electrons. The lowest BCUT2D eigenvalue weighted by molar-refractivity contribution is -0.160. The Labute approximate surface area is 158 Å². The van der Waals surface area contributed by atoms with Crippen LogP contribution in [-0.2, 0) is 14.3 Å². The molecule has 1 aromatic rings. The molecule has 0 bridgehead atoms. The van der Waals surface area contributed by atoms with Crippen LogP contribution in [0.15, 0.2) is 24.3 Å². The molecule has 0 aliphatic carbocycles. The summed E-state index contributed by atoms with van der Waals surface area (Å²) >= 11 is 0. The first-order chi connectivity index (χ1) is 12.4. The van der Waals surface area contributed by atoms with Crippen molar-refractivity contribution in [3.8, 4) is 5.75 Å². The van der Waals surface area contributed by atoms with E-state index in [-0.39, 0.29) is 11.7 Å². The van der Waals surface area contributed by atoms with Gasteiger partial charge in [-0.3, -0.25) is 0 Å². The zero-order chi connectivity index (χ0) is 20.8. The van der Waals surface area contributed by atoms with Gasteiger partial charge >= 0.3 is 12.1 Å². The molecule has 6 nitrogen and oxygen atoms in total. The van der Waals surface area contributed by atoms with E-state index < -0.39 is 36.2 Å². The maximum atomic E-state index is 13.5. The van der Waals surface area contributed by atoms with Crippen LogP contribution in [-0.4, -0.2) is 36.2 Å². The molecule has 0 aliphatic heterocycles. The molecule has 0 aromatic heterocycles. The number of hydrogen-bond acceptors (Lipinski definition) is 5. The van der Waals surface area contributed by atoms with E-state index in [1.807, 2.05) is 0 Å². The molecular formula is C19H27F2NO5. The Bertz CT molecular complexity index is 643. The van der Waals surface area contributed by atoms with E-state index in [1.54, 1.807) is 46.8 Å². The SMILES string of the molecule is CC(C)Oc1cccc([C@H](OC(=O)[C@H](C)NC(=O)OC(C)(C)C)C(F)F)c1. The Morgan fingerprint density at radius 1 is 1.11 bits per heavy atom. The predicted molar refractivity (Wildman–Crippen MR) is 95.9 cm³/mol. The van der Waals surface area contributed by atoms with Crippen LogP contribution in [0.25, 0.3) is 0 Å². The highest BCUT2D eigenvalue weighted by Gasteiger charge is 2.30. The second kappa shape index (κ2) is 9.53. The van der Waals surface area contributed by atoms with Crippen molar-refractivity contribution in [3.05, 3.63) is 29.8 Å². The highest BCUT2D eigenvalue weighted by atomic mass is 19.3. The molecule has 1 rings (SSSR count). The van der Waals surface area contributed by atoms with E-state index in [9.17, 15) is 18.4 Å². The van der Waals surface area contributed by atoms with Gasteiger partial charge in [0.25, 0.3) is 6.43 Å². The summed E-state index contributed by atoms with van der Waals surface area (Å²) in [5.41, 5.74) is -0.656. The van der Waals surface area contributed by atoms with Gasteiger partial charge in [-0.1, -0.05) is 12.1 Å². The van der Waals surface area contributed by atoms with Gasteiger partial charge in [0.15, 0.2) is 6.10 Å². The summed E-state index contributed by atoms with van der Waals surface area (Å²) in [5.74, 6) is -0.606. The molecule has 0 spiro atoms. The van der Waals surface area contributed by atoms with Crippen LogP contribution in [0.2, 0.25) is 0 Å². The van der Waals surface area contributed by atoms with Crippen molar-refractivity contribution in [2.75, 3.05) is 0 Å². The lowest BCUT2D eigenvalue weighted by Gasteiger charge is -2.23. The molecule has 1 aromatic carbocycles. The van der Waals surface area contributed by atoms with Crippen LogP contribution < -0.4 is 10.1 Å². The van der Waals surface area contributed by atoms with Crippen molar-refractivity contribution in [1.82, 2.24) is 5.32 Å². The van der Waals surface area contributed by atoms with Gasteiger partial charge in [0, 0.05) is 5.56 Å². The number of halogens is 2. The molecule has 2 atom stereocenters. The summed E-state index contributed by atoms with van der Waals surface area (Å²) in [5, 5.41) is 2.26. The third-order valence-electron chi connectivity index (χ3n) is 3.12. The van der Waals surface area contributed by atoms with Crippen LogP contribution >= 0.6 is 0 Å².